The van der Waals surface area contributed by atoms with Crippen LogP contribution in [0.5, 0.6) is 0 Å². The second-order valence-electron chi connectivity index (χ2n) is 5.16. The van der Waals surface area contributed by atoms with Gasteiger partial charge in [-0.05, 0) is 26.3 Å². The van der Waals surface area contributed by atoms with Crippen molar-refractivity contribution in [3.63, 3.8) is 0 Å². The zero-order valence-corrected chi connectivity index (χ0v) is 12.2. The summed E-state index contributed by atoms with van der Waals surface area (Å²) in [5.74, 6) is 0. The first kappa shape index (κ1) is 14.3. The first-order chi connectivity index (χ1) is 9.24. The largest absolute Gasteiger partial charge is 0.432 e. The van der Waals surface area contributed by atoms with Gasteiger partial charge in [-0.2, -0.15) is 4.98 Å². The lowest BCUT2D eigenvalue weighted by Crippen LogP contribution is -2.48. The molecule has 0 bridgehead atoms. The van der Waals surface area contributed by atoms with E-state index in [9.17, 15) is 0 Å². The summed E-state index contributed by atoms with van der Waals surface area (Å²) in [6.45, 7) is 9.80. The second-order valence-corrected chi connectivity index (χ2v) is 5.16. The molecule has 2 rings (SSSR count). The molecule has 19 heavy (non-hydrogen) atoms. The third kappa shape index (κ3) is 3.70. The van der Waals surface area contributed by atoms with Gasteiger partial charge in [-0.15, -0.1) is 0 Å². The molecular weight excluding hydrogens is 242 g/mol. The SMILES string of the molecule is CCCNCc1coc(N2CC(C)OCC2CC)n1. The number of ether oxygens (including phenoxy) is 1. The van der Waals surface area contributed by atoms with Crippen molar-refractivity contribution >= 4 is 6.01 Å². The Labute approximate surface area is 115 Å². The molecule has 0 aromatic carbocycles. The topological polar surface area (TPSA) is 50.5 Å². The molecule has 1 aliphatic rings. The number of aromatic nitrogens is 1. The Hall–Kier alpha value is -1.07. The monoisotopic (exact) mass is 267 g/mol. The van der Waals surface area contributed by atoms with E-state index in [1.807, 2.05) is 0 Å². The highest BCUT2D eigenvalue weighted by Gasteiger charge is 2.28. The minimum Gasteiger partial charge on any atom is -0.432 e. The van der Waals surface area contributed by atoms with Gasteiger partial charge >= 0.3 is 0 Å². The van der Waals surface area contributed by atoms with Crippen LogP contribution in [0.4, 0.5) is 6.01 Å². The van der Waals surface area contributed by atoms with E-state index < -0.39 is 0 Å². The summed E-state index contributed by atoms with van der Waals surface area (Å²) in [4.78, 5) is 6.81. The maximum Gasteiger partial charge on any atom is 0.297 e. The minimum atomic E-state index is 0.233. The average Bonchev–Trinajstić information content (AvgIpc) is 2.88. The zero-order valence-electron chi connectivity index (χ0n) is 12.2. The lowest BCUT2D eigenvalue weighted by molar-refractivity contribution is 0.0278. The molecule has 5 nitrogen and oxygen atoms in total. The van der Waals surface area contributed by atoms with Crippen LogP contribution in [0.2, 0.25) is 0 Å². The summed E-state index contributed by atoms with van der Waals surface area (Å²) < 4.78 is 11.3. The summed E-state index contributed by atoms with van der Waals surface area (Å²) in [6.07, 6.45) is 4.16. The van der Waals surface area contributed by atoms with Crippen molar-refractivity contribution in [3.05, 3.63) is 12.0 Å². The summed E-state index contributed by atoms with van der Waals surface area (Å²) in [7, 11) is 0. The van der Waals surface area contributed by atoms with E-state index in [0.29, 0.717) is 6.04 Å². The Bertz CT molecular complexity index is 381. The Kier molecular flexibility index (Phi) is 5.22. The first-order valence-corrected chi connectivity index (χ1v) is 7.28. The lowest BCUT2D eigenvalue weighted by atomic mass is 10.1. The van der Waals surface area contributed by atoms with Gasteiger partial charge in [0.2, 0.25) is 0 Å². The van der Waals surface area contributed by atoms with Crippen LogP contribution in [0.15, 0.2) is 10.7 Å². The average molecular weight is 267 g/mol. The van der Waals surface area contributed by atoms with Gasteiger partial charge in [0, 0.05) is 13.1 Å². The number of hydrogen-bond acceptors (Lipinski definition) is 5. The Balaban J connectivity index is 1.99. The van der Waals surface area contributed by atoms with Crippen molar-refractivity contribution < 1.29 is 9.15 Å². The molecule has 1 aromatic heterocycles. The molecule has 5 heteroatoms. The standard InChI is InChI=1S/C14H25N3O2/c1-4-6-15-7-12-9-19-14(16-12)17-8-11(3)18-10-13(17)5-2/h9,11,13,15H,4-8,10H2,1-3H3. The van der Waals surface area contributed by atoms with Crippen LogP contribution < -0.4 is 10.2 Å². The van der Waals surface area contributed by atoms with Crippen LogP contribution in [0, 0.1) is 0 Å². The predicted octanol–water partition coefficient (Wildman–Crippen LogP) is 2.18. The molecule has 0 amide bonds. The van der Waals surface area contributed by atoms with Crippen LogP contribution >= 0.6 is 0 Å². The molecular formula is C14H25N3O2. The van der Waals surface area contributed by atoms with Gasteiger partial charge in [-0.1, -0.05) is 13.8 Å². The van der Waals surface area contributed by atoms with E-state index in [2.05, 4.69) is 36.0 Å². The van der Waals surface area contributed by atoms with E-state index in [0.717, 1.165) is 50.8 Å². The highest BCUT2D eigenvalue weighted by atomic mass is 16.5. The van der Waals surface area contributed by atoms with Gasteiger partial charge in [-0.25, -0.2) is 0 Å². The van der Waals surface area contributed by atoms with Gasteiger partial charge in [-0.3, -0.25) is 0 Å². The Morgan fingerprint density at radius 3 is 3.05 bits per heavy atom. The number of oxazole rings is 1. The van der Waals surface area contributed by atoms with Gasteiger partial charge in [0.1, 0.15) is 6.26 Å². The third-order valence-electron chi connectivity index (χ3n) is 3.46. The summed E-state index contributed by atoms with van der Waals surface area (Å²) in [5, 5.41) is 3.34. The maximum atomic E-state index is 5.70. The molecule has 1 aliphatic heterocycles. The van der Waals surface area contributed by atoms with Crippen LogP contribution in [0.25, 0.3) is 0 Å². The van der Waals surface area contributed by atoms with E-state index >= 15 is 0 Å². The van der Waals surface area contributed by atoms with Crippen molar-refractivity contribution in [2.75, 3.05) is 24.6 Å². The first-order valence-electron chi connectivity index (χ1n) is 7.28. The zero-order chi connectivity index (χ0) is 13.7. The highest BCUT2D eigenvalue weighted by Crippen LogP contribution is 2.22. The van der Waals surface area contributed by atoms with Crippen LogP contribution in [-0.2, 0) is 11.3 Å². The smallest absolute Gasteiger partial charge is 0.297 e. The number of rotatable bonds is 6. The summed E-state index contributed by atoms with van der Waals surface area (Å²) >= 11 is 0. The molecule has 2 unspecified atom stereocenters. The fourth-order valence-electron chi connectivity index (χ4n) is 2.32. The molecule has 0 radical (unpaired) electrons. The van der Waals surface area contributed by atoms with E-state index in [1.54, 1.807) is 6.26 Å². The quantitative estimate of drug-likeness (QED) is 0.801. The summed E-state index contributed by atoms with van der Waals surface area (Å²) in [6, 6.07) is 1.10. The maximum absolute atomic E-state index is 5.70. The van der Waals surface area contributed by atoms with E-state index in [4.69, 9.17) is 9.15 Å². The number of nitrogens with one attached hydrogen (secondary N) is 1. The van der Waals surface area contributed by atoms with Crippen molar-refractivity contribution in [2.45, 2.75) is 52.3 Å². The minimum absolute atomic E-state index is 0.233. The molecule has 0 spiro atoms. The molecule has 1 N–H and O–H groups in total. The van der Waals surface area contributed by atoms with Crippen molar-refractivity contribution in [3.8, 4) is 0 Å². The normalized spacial score (nSPS) is 23.8. The van der Waals surface area contributed by atoms with E-state index in [-0.39, 0.29) is 6.10 Å². The fraction of sp³-hybridized carbons (Fsp3) is 0.786. The van der Waals surface area contributed by atoms with Gasteiger partial charge in [0.05, 0.1) is 24.4 Å². The van der Waals surface area contributed by atoms with Gasteiger partial charge < -0.3 is 19.4 Å². The highest BCUT2D eigenvalue weighted by molar-refractivity contribution is 5.30. The molecule has 108 valence electrons. The number of anilines is 1. The molecule has 2 heterocycles. The van der Waals surface area contributed by atoms with Crippen molar-refractivity contribution in [1.82, 2.24) is 10.3 Å². The molecule has 1 aromatic rings. The molecule has 0 aliphatic carbocycles. The molecule has 1 fully saturated rings. The Morgan fingerprint density at radius 1 is 1.47 bits per heavy atom. The third-order valence-corrected chi connectivity index (χ3v) is 3.46. The number of hydrogen-bond donors (Lipinski definition) is 1. The van der Waals surface area contributed by atoms with Crippen LogP contribution in [0.3, 0.4) is 0 Å². The van der Waals surface area contributed by atoms with Gasteiger partial charge in [0.25, 0.3) is 6.01 Å². The van der Waals surface area contributed by atoms with Crippen LogP contribution in [-0.4, -0.2) is 36.8 Å². The Morgan fingerprint density at radius 2 is 2.32 bits per heavy atom. The second kappa shape index (κ2) is 6.91. The molecule has 1 saturated heterocycles. The fourth-order valence-corrected chi connectivity index (χ4v) is 2.32. The van der Waals surface area contributed by atoms with Gasteiger partial charge in [0.15, 0.2) is 0 Å². The molecule has 0 saturated carbocycles. The lowest BCUT2D eigenvalue weighted by Gasteiger charge is -2.37. The van der Waals surface area contributed by atoms with Crippen molar-refractivity contribution in [2.24, 2.45) is 0 Å². The predicted molar refractivity (Wildman–Crippen MR) is 75.3 cm³/mol. The number of nitrogens with zero attached hydrogens (tertiary/aromatic N) is 2. The number of morpholine rings is 1. The summed E-state index contributed by atoms with van der Waals surface area (Å²) in [5.41, 5.74) is 0.970. The van der Waals surface area contributed by atoms with E-state index in [1.165, 1.54) is 0 Å². The van der Waals surface area contributed by atoms with Crippen molar-refractivity contribution in [1.29, 1.82) is 0 Å². The van der Waals surface area contributed by atoms with Crippen LogP contribution in [0.1, 0.15) is 39.3 Å². The molecule has 2 atom stereocenters.